The molecule has 0 amide bonds. The lowest BCUT2D eigenvalue weighted by Crippen LogP contribution is -2.22. The third-order valence-electron chi connectivity index (χ3n) is 2.23. The first-order chi connectivity index (χ1) is 7.27. The van der Waals surface area contributed by atoms with Gasteiger partial charge in [0.25, 0.3) is 0 Å². The Hall–Kier alpha value is -0.130. The quantitative estimate of drug-likeness (QED) is 0.643. The summed E-state index contributed by atoms with van der Waals surface area (Å²) < 4.78 is 6.83. The number of benzene rings is 1. The summed E-state index contributed by atoms with van der Waals surface area (Å²) in [6.07, 6.45) is 1.07. The van der Waals surface area contributed by atoms with E-state index in [-0.39, 0.29) is 0 Å². The molecule has 1 aromatic carbocycles. The van der Waals surface area contributed by atoms with Gasteiger partial charge in [-0.2, -0.15) is 0 Å². The van der Waals surface area contributed by atoms with Gasteiger partial charge in [0.2, 0.25) is 0 Å². The van der Waals surface area contributed by atoms with Crippen molar-refractivity contribution >= 4 is 22.6 Å². The van der Waals surface area contributed by atoms with Gasteiger partial charge in [0, 0.05) is 10.2 Å². The maximum Gasteiger partial charge on any atom is 0.0661 e. The Morgan fingerprint density at radius 2 is 2.27 bits per heavy atom. The van der Waals surface area contributed by atoms with Crippen LogP contribution < -0.4 is 5.32 Å². The van der Waals surface area contributed by atoms with E-state index in [0.29, 0.717) is 6.04 Å². The molecule has 0 saturated carbocycles. The minimum atomic E-state index is 0.297. The van der Waals surface area contributed by atoms with Crippen LogP contribution in [-0.4, -0.2) is 20.3 Å². The molecule has 0 saturated heterocycles. The van der Waals surface area contributed by atoms with Gasteiger partial charge in [-0.1, -0.05) is 19.1 Å². The Balaban J connectivity index is 2.57. The van der Waals surface area contributed by atoms with Crippen molar-refractivity contribution in [2.75, 3.05) is 20.3 Å². The molecule has 15 heavy (non-hydrogen) atoms. The zero-order valence-corrected chi connectivity index (χ0v) is 11.5. The van der Waals surface area contributed by atoms with Crippen molar-refractivity contribution in [3.05, 3.63) is 33.4 Å². The van der Waals surface area contributed by atoms with Crippen LogP contribution in [0.2, 0.25) is 0 Å². The SMILES string of the molecule is CCCOCC(NC)c1cccc(I)c1. The van der Waals surface area contributed by atoms with Crippen molar-refractivity contribution in [1.29, 1.82) is 0 Å². The molecule has 1 rings (SSSR count). The van der Waals surface area contributed by atoms with Gasteiger partial charge < -0.3 is 10.1 Å². The van der Waals surface area contributed by atoms with Crippen molar-refractivity contribution < 1.29 is 4.74 Å². The first kappa shape index (κ1) is 12.9. The van der Waals surface area contributed by atoms with E-state index in [2.05, 4.69) is 59.1 Å². The van der Waals surface area contributed by atoms with E-state index < -0.39 is 0 Å². The highest BCUT2D eigenvalue weighted by molar-refractivity contribution is 14.1. The van der Waals surface area contributed by atoms with E-state index >= 15 is 0 Å². The van der Waals surface area contributed by atoms with E-state index in [0.717, 1.165) is 19.6 Å². The average molecular weight is 319 g/mol. The van der Waals surface area contributed by atoms with Crippen LogP contribution >= 0.6 is 22.6 Å². The molecule has 0 aliphatic heterocycles. The van der Waals surface area contributed by atoms with Crippen molar-refractivity contribution in [2.45, 2.75) is 19.4 Å². The number of halogens is 1. The first-order valence-corrected chi connectivity index (χ1v) is 6.36. The fraction of sp³-hybridized carbons (Fsp3) is 0.500. The molecule has 0 heterocycles. The summed E-state index contributed by atoms with van der Waals surface area (Å²) in [5.74, 6) is 0. The van der Waals surface area contributed by atoms with E-state index in [4.69, 9.17) is 4.74 Å². The van der Waals surface area contributed by atoms with Crippen LogP contribution in [0.5, 0.6) is 0 Å². The molecule has 1 unspecified atom stereocenters. The smallest absolute Gasteiger partial charge is 0.0661 e. The zero-order chi connectivity index (χ0) is 11.1. The topological polar surface area (TPSA) is 21.3 Å². The predicted octanol–water partition coefficient (Wildman–Crippen LogP) is 2.98. The largest absolute Gasteiger partial charge is 0.379 e. The van der Waals surface area contributed by atoms with E-state index in [1.54, 1.807) is 0 Å². The third-order valence-corrected chi connectivity index (χ3v) is 2.90. The molecule has 0 fully saturated rings. The molecule has 0 spiro atoms. The molecular formula is C12H18INO. The lowest BCUT2D eigenvalue weighted by molar-refractivity contribution is 0.114. The summed E-state index contributed by atoms with van der Waals surface area (Å²) in [5, 5.41) is 3.28. The fourth-order valence-electron chi connectivity index (χ4n) is 1.42. The Morgan fingerprint density at radius 1 is 1.47 bits per heavy atom. The zero-order valence-electron chi connectivity index (χ0n) is 9.29. The van der Waals surface area contributed by atoms with Gasteiger partial charge in [0.1, 0.15) is 0 Å². The molecule has 2 nitrogen and oxygen atoms in total. The second kappa shape index (κ2) is 7.19. The molecule has 0 aliphatic carbocycles. The molecule has 0 bridgehead atoms. The number of hydrogen-bond donors (Lipinski definition) is 1. The molecule has 0 aliphatic rings. The lowest BCUT2D eigenvalue weighted by atomic mass is 10.1. The van der Waals surface area contributed by atoms with Gasteiger partial charge >= 0.3 is 0 Å². The van der Waals surface area contributed by atoms with Crippen LogP contribution in [0.3, 0.4) is 0 Å². The normalized spacial score (nSPS) is 12.7. The van der Waals surface area contributed by atoms with Crippen LogP contribution in [0.4, 0.5) is 0 Å². The monoisotopic (exact) mass is 319 g/mol. The molecule has 84 valence electrons. The molecule has 0 aromatic heterocycles. The first-order valence-electron chi connectivity index (χ1n) is 5.28. The molecule has 1 aromatic rings. The Morgan fingerprint density at radius 3 is 2.87 bits per heavy atom. The minimum absolute atomic E-state index is 0.297. The summed E-state index contributed by atoms with van der Waals surface area (Å²) in [6.45, 7) is 3.70. The highest BCUT2D eigenvalue weighted by Gasteiger charge is 2.08. The van der Waals surface area contributed by atoms with Crippen LogP contribution in [-0.2, 0) is 4.74 Å². The number of likely N-dealkylation sites (N-methyl/N-ethyl adjacent to an activating group) is 1. The van der Waals surface area contributed by atoms with Gasteiger partial charge in [0.05, 0.1) is 12.6 Å². The van der Waals surface area contributed by atoms with Crippen LogP contribution in [0.25, 0.3) is 0 Å². The molecule has 1 atom stereocenters. The van der Waals surface area contributed by atoms with E-state index in [1.165, 1.54) is 9.13 Å². The highest BCUT2D eigenvalue weighted by Crippen LogP contribution is 2.16. The van der Waals surface area contributed by atoms with Crippen molar-refractivity contribution in [3.8, 4) is 0 Å². The third kappa shape index (κ3) is 4.49. The maximum atomic E-state index is 5.57. The van der Waals surface area contributed by atoms with Gasteiger partial charge in [-0.15, -0.1) is 0 Å². The van der Waals surface area contributed by atoms with Gasteiger partial charge in [0.15, 0.2) is 0 Å². The summed E-state index contributed by atoms with van der Waals surface area (Å²) in [6, 6.07) is 8.81. The number of rotatable bonds is 6. The second-order valence-electron chi connectivity index (χ2n) is 3.47. The molecule has 0 radical (unpaired) electrons. The van der Waals surface area contributed by atoms with E-state index in [1.807, 2.05) is 7.05 Å². The Bertz CT molecular complexity index is 291. The molecule has 1 N–H and O–H groups in total. The number of hydrogen-bond acceptors (Lipinski definition) is 2. The molecular weight excluding hydrogens is 301 g/mol. The number of ether oxygens (including phenoxy) is 1. The van der Waals surface area contributed by atoms with Gasteiger partial charge in [-0.3, -0.25) is 0 Å². The van der Waals surface area contributed by atoms with Crippen molar-refractivity contribution in [3.63, 3.8) is 0 Å². The average Bonchev–Trinajstić information content (AvgIpc) is 2.24. The maximum absolute atomic E-state index is 5.57. The summed E-state index contributed by atoms with van der Waals surface area (Å²) in [4.78, 5) is 0. The Kier molecular flexibility index (Phi) is 6.20. The van der Waals surface area contributed by atoms with Crippen molar-refractivity contribution in [1.82, 2.24) is 5.32 Å². The summed E-state index contributed by atoms with van der Waals surface area (Å²) in [7, 11) is 1.97. The minimum Gasteiger partial charge on any atom is -0.379 e. The van der Waals surface area contributed by atoms with Crippen LogP contribution in [0, 0.1) is 3.57 Å². The molecule has 3 heteroatoms. The number of nitrogens with one attached hydrogen (secondary N) is 1. The van der Waals surface area contributed by atoms with Crippen molar-refractivity contribution in [2.24, 2.45) is 0 Å². The van der Waals surface area contributed by atoms with Crippen LogP contribution in [0.1, 0.15) is 24.9 Å². The summed E-state index contributed by atoms with van der Waals surface area (Å²) >= 11 is 2.33. The van der Waals surface area contributed by atoms with Crippen LogP contribution in [0.15, 0.2) is 24.3 Å². The lowest BCUT2D eigenvalue weighted by Gasteiger charge is -2.16. The fourth-order valence-corrected chi connectivity index (χ4v) is 1.98. The van der Waals surface area contributed by atoms with Gasteiger partial charge in [-0.05, 0) is 53.8 Å². The summed E-state index contributed by atoms with van der Waals surface area (Å²) in [5.41, 5.74) is 1.29. The second-order valence-corrected chi connectivity index (χ2v) is 4.72. The standard InChI is InChI=1S/C12H18INO/c1-3-7-15-9-12(14-2)10-5-4-6-11(13)8-10/h4-6,8,12,14H,3,7,9H2,1-2H3. The van der Waals surface area contributed by atoms with Gasteiger partial charge in [-0.25, -0.2) is 0 Å². The highest BCUT2D eigenvalue weighted by atomic mass is 127. The van der Waals surface area contributed by atoms with E-state index in [9.17, 15) is 0 Å². The Labute approximate surface area is 106 Å². The predicted molar refractivity (Wildman–Crippen MR) is 72.1 cm³/mol.